The van der Waals surface area contributed by atoms with Gasteiger partial charge in [-0.3, -0.25) is 0 Å². The Bertz CT molecular complexity index is 3960. The monoisotopic (exact) mass is 817 g/mol. The van der Waals surface area contributed by atoms with Gasteiger partial charge in [-0.2, -0.15) is 0 Å². The van der Waals surface area contributed by atoms with Crippen LogP contribution in [0.5, 0.6) is 0 Å². The van der Waals surface area contributed by atoms with E-state index in [2.05, 4.69) is 192 Å². The molecule has 0 fully saturated rings. The molecule has 0 aliphatic carbocycles. The first-order valence-electron chi connectivity index (χ1n) is 21.4. The lowest BCUT2D eigenvalue weighted by Crippen LogP contribution is -2.01. The SMILES string of the molecule is c1ccc(-c2cc(-c3nc(-c4cccc(-n5c6cc7ccccc7cc6c6c(-c7ccccc7)cccc65)c4)nc(-c4ccc5c(c4)oc4ncccc45)n3)cc3ccccc23)cc1. The van der Waals surface area contributed by atoms with E-state index in [4.69, 9.17) is 19.4 Å². The highest BCUT2D eigenvalue weighted by atomic mass is 16.3. The van der Waals surface area contributed by atoms with Crippen LogP contribution in [0.1, 0.15) is 0 Å². The maximum atomic E-state index is 6.26. The summed E-state index contributed by atoms with van der Waals surface area (Å²) in [7, 11) is 0. The van der Waals surface area contributed by atoms with E-state index in [9.17, 15) is 0 Å². The van der Waals surface area contributed by atoms with Crippen LogP contribution in [-0.4, -0.2) is 24.5 Å². The van der Waals surface area contributed by atoms with Crippen LogP contribution in [0.2, 0.25) is 0 Å². The van der Waals surface area contributed by atoms with Crippen LogP contribution in [0.15, 0.2) is 217 Å². The van der Waals surface area contributed by atoms with Crippen LogP contribution < -0.4 is 0 Å². The number of benzene rings is 9. The molecule has 0 atom stereocenters. The molecule has 9 aromatic carbocycles. The molecule has 6 nitrogen and oxygen atoms in total. The Morgan fingerprint density at radius 1 is 0.359 bits per heavy atom. The summed E-state index contributed by atoms with van der Waals surface area (Å²) in [6, 6.07) is 72.6. The molecule has 13 aromatic rings. The fraction of sp³-hybridized carbons (Fsp3) is 0. The lowest BCUT2D eigenvalue weighted by Gasteiger charge is -2.13. The third kappa shape index (κ3) is 5.88. The van der Waals surface area contributed by atoms with Gasteiger partial charge in [0.1, 0.15) is 5.58 Å². The molecule has 0 spiro atoms. The van der Waals surface area contributed by atoms with E-state index in [0.717, 1.165) is 71.7 Å². The average Bonchev–Trinajstić information content (AvgIpc) is 3.90. The number of rotatable bonds is 6. The Hall–Kier alpha value is -8.74. The molecule has 0 saturated carbocycles. The van der Waals surface area contributed by atoms with Crippen molar-refractivity contribution in [2.45, 2.75) is 0 Å². The van der Waals surface area contributed by atoms with Crippen LogP contribution in [0.4, 0.5) is 0 Å². The number of aromatic nitrogens is 5. The minimum atomic E-state index is 0.547. The second-order valence-corrected chi connectivity index (χ2v) is 16.3. The van der Waals surface area contributed by atoms with Crippen LogP contribution in [-0.2, 0) is 0 Å². The van der Waals surface area contributed by atoms with Gasteiger partial charge in [0.25, 0.3) is 0 Å². The summed E-state index contributed by atoms with van der Waals surface area (Å²) in [5, 5.41) is 9.04. The molecule has 0 radical (unpaired) electrons. The molecule has 0 N–H and O–H groups in total. The van der Waals surface area contributed by atoms with Gasteiger partial charge in [0, 0.05) is 50.1 Å². The molecular formula is C58H35N5O. The zero-order chi connectivity index (χ0) is 42.1. The summed E-state index contributed by atoms with van der Waals surface area (Å²) < 4.78 is 8.65. The third-order valence-electron chi connectivity index (χ3n) is 12.5. The molecule has 4 heterocycles. The van der Waals surface area contributed by atoms with Crippen molar-refractivity contribution in [3.63, 3.8) is 0 Å². The van der Waals surface area contributed by atoms with Gasteiger partial charge in [0.2, 0.25) is 5.71 Å². The highest BCUT2D eigenvalue weighted by Crippen LogP contribution is 2.41. The standard InChI is InChI=1S/C58H35N5O/c1-3-14-36(15-4-1)46-24-12-26-51-54(46)50-32-38-18-7-8-19-39(38)34-52(50)63(51)44-22-11-21-41(31-44)55-60-56(42-27-28-47-48-25-13-29-59-58(48)64-53(47)35-42)62-57(61-55)43-30-40-20-9-10-23-45(40)49(33-43)37-16-5-2-6-17-37/h1-35H. The quantitative estimate of drug-likeness (QED) is 0.167. The van der Waals surface area contributed by atoms with Crippen LogP contribution in [0.25, 0.3) is 128 Å². The van der Waals surface area contributed by atoms with Gasteiger partial charge in [-0.25, -0.2) is 19.9 Å². The number of pyridine rings is 1. The van der Waals surface area contributed by atoms with Gasteiger partial charge < -0.3 is 8.98 Å². The fourth-order valence-corrected chi connectivity index (χ4v) is 9.48. The van der Waals surface area contributed by atoms with E-state index in [1.165, 1.54) is 32.7 Å². The number of hydrogen-bond acceptors (Lipinski definition) is 5. The Balaban J connectivity index is 1.04. The number of nitrogens with zero attached hydrogens (tertiary/aromatic N) is 5. The molecule has 13 rings (SSSR count). The number of fused-ring (bicyclic) bond motifs is 8. The zero-order valence-corrected chi connectivity index (χ0v) is 34.4. The van der Waals surface area contributed by atoms with Crippen LogP contribution in [0, 0.1) is 0 Å². The van der Waals surface area contributed by atoms with E-state index in [-0.39, 0.29) is 0 Å². The minimum Gasteiger partial charge on any atom is -0.438 e. The molecule has 4 aromatic heterocycles. The Labute approximate surface area is 367 Å². The largest absolute Gasteiger partial charge is 0.438 e. The summed E-state index contributed by atoms with van der Waals surface area (Å²) in [6.45, 7) is 0. The number of furan rings is 1. The van der Waals surface area contributed by atoms with E-state index < -0.39 is 0 Å². The highest BCUT2D eigenvalue weighted by Gasteiger charge is 2.20. The Kier molecular flexibility index (Phi) is 8.11. The molecule has 64 heavy (non-hydrogen) atoms. The predicted molar refractivity (Wildman–Crippen MR) is 261 cm³/mol. The lowest BCUT2D eigenvalue weighted by atomic mass is 9.95. The minimum absolute atomic E-state index is 0.547. The van der Waals surface area contributed by atoms with Crippen molar-refractivity contribution >= 4 is 65.4 Å². The third-order valence-corrected chi connectivity index (χ3v) is 12.5. The fourth-order valence-electron chi connectivity index (χ4n) is 9.48. The summed E-state index contributed by atoms with van der Waals surface area (Å²) in [5.74, 6) is 1.69. The molecule has 298 valence electrons. The van der Waals surface area contributed by atoms with Gasteiger partial charge in [-0.05, 0) is 111 Å². The van der Waals surface area contributed by atoms with Crippen LogP contribution in [0.3, 0.4) is 0 Å². The summed E-state index contributed by atoms with van der Waals surface area (Å²) in [6.07, 6.45) is 1.75. The normalized spacial score (nSPS) is 11.8. The van der Waals surface area contributed by atoms with Gasteiger partial charge in [0.05, 0.1) is 11.0 Å². The van der Waals surface area contributed by atoms with Crippen molar-refractivity contribution in [3.05, 3.63) is 212 Å². The summed E-state index contributed by atoms with van der Waals surface area (Å²) >= 11 is 0. The summed E-state index contributed by atoms with van der Waals surface area (Å²) in [4.78, 5) is 20.3. The Morgan fingerprint density at radius 3 is 1.80 bits per heavy atom. The van der Waals surface area contributed by atoms with Gasteiger partial charge in [-0.1, -0.05) is 140 Å². The van der Waals surface area contributed by atoms with Crippen molar-refractivity contribution in [2.75, 3.05) is 0 Å². The second-order valence-electron chi connectivity index (χ2n) is 16.3. The van der Waals surface area contributed by atoms with Crippen molar-refractivity contribution < 1.29 is 4.42 Å². The molecule has 0 aliphatic rings. The first-order chi connectivity index (χ1) is 31.7. The van der Waals surface area contributed by atoms with E-state index in [0.29, 0.717) is 23.2 Å². The molecule has 0 bridgehead atoms. The summed E-state index contributed by atoms with van der Waals surface area (Å²) in [5.41, 5.74) is 11.8. The van der Waals surface area contributed by atoms with Gasteiger partial charge >= 0.3 is 0 Å². The molecular weight excluding hydrogens is 783 g/mol. The molecule has 0 amide bonds. The van der Waals surface area contributed by atoms with Crippen molar-refractivity contribution in [1.82, 2.24) is 24.5 Å². The van der Waals surface area contributed by atoms with Crippen molar-refractivity contribution in [2.24, 2.45) is 0 Å². The average molecular weight is 818 g/mol. The van der Waals surface area contributed by atoms with Gasteiger partial charge in [0.15, 0.2) is 17.5 Å². The van der Waals surface area contributed by atoms with Gasteiger partial charge in [-0.15, -0.1) is 0 Å². The highest BCUT2D eigenvalue weighted by molar-refractivity contribution is 6.18. The maximum Gasteiger partial charge on any atom is 0.227 e. The van der Waals surface area contributed by atoms with Crippen molar-refractivity contribution in [3.8, 4) is 62.1 Å². The number of hydrogen-bond donors (Lipinski definition) is 0. The maximum absolute atomic E-state index is 6.26. The molecule has 6 heteroatoms. The molecule has 0 aliphatic heterocycles. The Morgan fingerprint density at radius 2 is 1.00 bits per heavy atom. The van der Waals surface area contributed by atoms with E-state index >= 15 is 0 Å². The lowest BCUT2D eigenvalue weighted by molar-refractivity contribution is 0.654. The van der Waals surface area contributed by atoms with Crippen LogP contribution >= 0.6 is 0 Å². The smallest absolute Gasteiger partial charge is 0.227 e. The predicted octanol–water partition coefficient (Wildman–Crippen LogP) is 14.9. The first-order valence-corrected chi connectivity index (χ1v) is 21.4. The van der Waals surface area contributed by atoms with E-state index in [1.807, 2.05) is 24.3 Å². The second kappa shape index (κ2) is 14.4. The molecule has 0 saturated heterocycles. The molecule has 0 unspecified atom stereocenters. The van der Waals surface area contributed by atoms with E-state index in [1.54, 1.807) is 6.20 Å². The zero-order valence-electron chi connectivity index (χ0n) is 34.4. The van der Waals surface area contributed by atoms with Crippen molar-refractivity contribution in [1.29, 1.82) is 0 Å². The first kappa shape index (κ1) is 36.0. The topological polar surface area (TPSA) is 69.6 Å².